The molecule has 5 nitrogen and oxygen atoms in total. The summed E-state index contributed by atoms with van der Waals surface area (Å²) in [6.45, 7) is 2.05. The number of hydrogen-bond donors (Lipinski definition) is 2. The van der Waals surface area contributed by atoms with Crippen LogP contribution in [0.25, 0.3) is 0 Å². The van der Waals surface area contributed by atoms with Gasteiger partial charge < -0.3 is 10.6 Å². The van der Waals surface area contributed by atoms with E-state index in [0.29, 0.717) is 17.7 Å². The predicted molar refractivity (Wildman–Crippen MR) is 117 cm³/mol. The molecular weight excluding hydrogens is 394 g/mol. The van der Waals surface area contributed by atoms with Crippen molar-refractivity contribution in [1.82, 2.24) is 10.6 Å². The molecular formula is C24H21N3O2S. The van der Waals surface area contributed by atoms with Crippen LogP contribution in [0.5, 0.6) is 0 Å². The maximum atomic E-state index is 12.8. The normalized spacial score (nSPS) is 11.2. The molecule has 0 radical (unpaired) electrons. The molecule has 3 aromatic carbocycles. The van der Waals surface area contributed by atoms with E-state index in [-0.39, 0.29) is 11.8 Å². The third-order valence-electron chi connectivity index (χ3n) is 4.41. The Hall–Kier alpha value is -3.56. The Morgan fingerprint density at radius 3 is 2.30 bits per heavy atom. The molecule has 3 rings (SSSR count). The van der Waals surface area contributed by atoms with Crippen LogP contribution in [0, 0.1) is 11.3 Å². The molecule has 2 N–H and O–H groups in total. The van der Waals surface area contributed by atoms with Crippen molar-refractivity contribution < 1.29 is 9.59 Å². The van der Waals surface area contributed by atoms with Gasteiger partial charge in [-0.3, -0.25) is 9.59 Å². The molecule has 2 amide bonds. The van der Waals surface area contributed by atoms with Gasteiger partial charge in [0.1, 0.15) is 12.1 Å². The zero-order chi connectivity index (χ0) is 21.3. The summed E-state index contributed by atoms with van der Waals surface area (Å²) in [7, 11) is 0. The summed E-state index contributed by atoms with van der Waals surface area (Å²) in [6, 6.07) is 25.4. The summed E-state index contributed by atoms with van der Waals surface area (Å²) in [5.41, 5.74) is 1.99. The average molecular weight is 416 g/mol. The molecule has 0 aliphatic carbocycles. The molecule has 150 valence electrons. The van der Waals surface area contributed by atoms with Gasteiger partial charge in [-0.2, -0.15) is 5.26 Å². The zero-order valence-corrected chi connectivity index (χ0v) is 17.3. The Labute approximate surface area is 180 Å². The summed E-state index contributed by atoms with van der Waals surface area (Å²) >= 11 is 1.35. The van der Waals surface area contributed by atoms with Crippen LogP contribution in [-0.2, 0) is 11.3 Å². The summed E-state index contributed by atoms with van der Waals surface area (Å²) in [5.74, 6) is -0.595. The highest BCUT2D eigenvalue weighted by atomic mass is 32.2. The standard InChI is InChI=1S/C24H21N3O2S/c1-17(23(28)26-16-18-9-3-2-4-10-18)27-24(29)20-12-6-8-14-22(20)30-21-13-7-5-11-19(21)15-25/h2-14,17H,16H2,1H3,(H,26,28)(H,27,29). The van der Waals surface area contributed by atoms with Crippen molar-refractivity contribution in [3.8, 4) is 6.07 Å². The smallest absolute Gasteiger partial charge is 0.253 e. The van der Waals surface area contributed by atoms with E-state index in [4.69, 9.17) is 0 Å². The summed E-state index contributed by atoms with van der Waals surface area (Å²) in [4.78, 5) is 26.7. The minimum Gasteiger partial charge on any atom is -0.350 e. The van der Waals surface area contributed by atoms with E-state index in [9.17, 15) is 14.9 Å². The maximum absolute atomic E-state index is 12.8. The van der Waals surface area contributed by atoms with Crippen molar-refractivity contribution >= 4 is 23.6 Å². The van der Waals surface area contributed by atoms with Gasteiger partial charge in [0, 0.05) is 16.3 Å². The van der Waals surface area contributed by atoms with Crippen LogP contribution >= 0.6 is 11.8 Å². The Morgan fingerprint density at radius 1 is 0.933 bits per heavy atom. The second-order valence-corrected chi connectivity index (χ2v) is 7.69. The van der Waals surface area contributed by atoms with Gasteiger partial charge in [0.25, 0.3) is 5.91 Å². The number of carbonyl (C=O) groups is 2. The Balaban J connectivity index is 1.66. The fourth-order valence-electron chi connectivity index (χ4n) is 2.79. The number of amides is 2. The Morgan fingerprint density at radius 2 is 1.57 bits per heavy atom. The molecule has 0 bridgehead atoms. The average Bonchev–Trinajstić information content (AvgIpc) is 2.78. The van der Waals surface area contributed by atoms with Crippen LogP contribution in [0.4, 0.5) is 0 Å². The molecule has 0 aromatic heterocycles. The van der Waals surface area contributed by atoms with Crippen LogP contribution < -0.4 is 10.6 Å². The molecule has 0 spiro atoms. The van der Waals surface area contributed by atoms with Crippen LogP contribution in [0.2, 0.25) is 0 Å². The van der Waals surface area contributed by atoms with Gasteiger partial charge in [0.05, 0.1) is 11.1 Å². The summed E-state index contributed by atoms with van der Waals surface area (Å²) < 4.78 is 0. The van der Waals surface area contributed by atoms with Crippen LogP contribution in [0.15, 0.2) is 88.7 Å². The molecule has 0 fully saturated rings. The topological polar surface area (TPSA) is 82.0 Å². The number of nitriles is 1. The first-order valence-corrected chi connectivity index (χ1v) is 10.3. The first-order chi connectivity index (χ1) is 14.6. The van der Waals surface area contributed by atoms with E-state index in [1.807, 2.05) is 54.6 Å². The number of nitrogens with zero attached hydrogens (tertiary/aromatic N) is 1. The minimum absolute atomic E-state index is 0.257. The van der Waals surface area contributed by atoms with Gasteiger partial charge in [0.15, 0.2) is 0 Å². The van der Waals surface area contributed by atoms with Crippen molar-refractivity contribution in [2.45, 2.75) is 29.3 Å². The van der Waals surface area contributed by atoms with Gasteiger partial charge in [-0.05, 0) is 36.8 Å². The second-order valence-electron chi connectivity index (χ2n) is 6.60. The van der Waals surface area contributed by atoms with Gasteiger partial charge in [-0.25, -0.2) is 0 Å². The van der Waals surface area contributed by atoms with Crippen molar-refractivity contribution in [2.24, 2.45) is 0 Å². The van der Waals surface area contributed by atoms with Crippen molar-refractivity contribution in [2.75, 3.05) is 0 Å². The van der Waals surface area contributed by atoms with E-state index in [1.54, 1.807) is 31.2 Å². The lowest BCUT2D eigenvalue weighted by molar-refractivity contribution is -0.122. The first kappa shape index (κ1) is 21.2. The lowest BCUT2D eigenvalue weighted by Crippen LogP contribution is -2.44. The lowest BCUT2D eigenvalue weighted by Gasteiger charge is -2.16. The monoisotopic (exact) mass is 415 g/mol. The fourth-order valence-corrected chi connectivity index (χ4v) is 3.81. The molecule has 0 saturated carbocycles. The molecule has 6 heteroatoms. The molecule has 0 heterocycles. The molecule has 0 aliphatic rings. The fraction of sp³-hybridized carbons (Fsp3) is 0.125. The Bertz CT molecular complexity index is 1080. The van der Waals surface area contributed by atoms with Gasteiger partial charge in [0.2, 0.25) is 5.91 Å². The number of nitrogens with one attached hydrogen (secondary N) is 2. The van der Waals surface area contributed by atoms with E-state index < -0.39 is 6.04 Å². The van der Waals surface area contributed by atoms with Crippen molar-refractivity contribution in [3.05, 3.63) is 95.6 Å². The Kier molecular flexibility index (Phi) is 7.25. The maximum Gasteiger partial charge on any atom is 0.253 e. The number of benzene rings is 3. The van der Waals surface area contributed by atoms with E-state index in [0.717, 1.165) is 15.4 Å². The highest BCUT2D eigenvalue weighted by molar-refractivity contribution is 7.99. The molecule has 3 aromatic rings. The highest BCUT2D eigenvalue weighted by Gasteiger charge is 2.19. The number of carbonyl (C=O) groups excluding carboxylic acids is 2. The van der Waals surface area contributed by atoms with Gasteiger partial charge in [-0.1, -0.05) is 66.4 Å². The summed E-state index contributed by atoms with van der Waals surface area (Å²) in [6.07, 6.45) is 0. The van der Waals surface area contributed by atoms with Crippen LogP contribution in [-0.4, -0.2) is 17.9 Å². The van der Waals surface area contributed by atoms with Crippen LogP contribution in [0.3, 0.4) is 0 Å². The molecule has 0 aliphatic heterocycles. The second kappa shape index (κ2) is 10.3. The van der Waals surface area contributed by atoms with Crippen LogP contribution in [0.1, 0.15) is 28.4 Å². The predicted octanol–water partition coefficient (Wildman–Crippen LogP) is 4.14. The lowest BCUT2D eigenvalue weighted by atomic mass is 10.2. The molecule has 1 unspecified atom stereocenters. The van der Waals surface area contributed by atoms with Crippen molar-refractivity contribution in [1.29, 1.82) is 5.26 Å². The molecule has 30 heavy (non-hydrogen) atoms. The molecule has 1 atom stereocenters. The first-order valence-electron chi connectivity index (χ1n) is 9.47. The largest absolute Gasteiger partial charge is 0.350 e. The highest BCUT2D eigenvalue weighted by Crippen LogP contribution is 2.32. The third-order valence-corrected chi connectivity index (χ3v) is 5.56. The van der Waals surface area contributed by atoms with E-state index in [1.165, 1.54) is 11.8 Å². The van der Waals surface area contributed by atoms with Gasteiger partial charge in [-0.15, -0.1) is 0 Å². The number of hydrogen-bond acceptors (Lipinski definition) is 4. The zero-order valence-electron chi connectivity index (χ0n) is 16.5. The SMILES string of the molecule is CC(NC(=O)c1ccccc1Sc1ccccc1C#N)C(=O)NCc1ccccc1. The third kappa shape index (κ3) is 5.49. The number of rotatable bonds is 7. The van der Waals surface area contributed by atoms with E-state index in [2.05, 4.69) is 16.7 Å². The quantitative estimate of drug-likeness (QED) is 0.608. The summed E-state index contributed by atoms with van der Waals surface area (Å²) in [5, 5.41) is 14.9. The minimum atomic E-state index is -0.689. The van der Waals surface area contributed by atoms with Crippen molar-refractivity contribution in [3.63, 3.8) is 0 Å². The van der Waals surface area contributed by atoms with Gasteiger partial charge >= 0.3 is 0 Å². The van der Waals surface area contributed by atoms with E-state index >= 15 is 0 Å². The molecule has 0 saturated heterocycles.